The van der Waals surface area contributed by atoms with Crippen molar-refractivity contribution >= 4 is 23.5 Å². The predicted molar refractivity (Wildman–Crippen MR) is 98.7 cm³/mol. The molecule has 0 aliphatic carbocycles. The van der Waals surface area contributed by atoms with E-state index in [1.807, 2.05) is 23.1 Å². The van der Waals surface area contributed by atoms with Crippen LogP contribution >= 0.6 is 11.8 Å². The number of rotatable bonds is 7. The predicted octanol–water partition coefficient (Wildman–Crippen LogP) is 2.54. The number of thioether (sulfide) groups is 1. The minimum absolute atomic E-state index is 0.0109. The number of Topliss-reactive ketones (excluding diaryl/α,β-unsaturated/α-hetero) is 1. The van der Waals surface area contributed by atoms with Gasteiger partial charge in [-0.2, -0.15) is 0 Å². The molecule has 0 saturated carbocycles. The van der Waals surface area contributed by atoms with Crippen LogP contribution in [0.3, 0.4) is 0 Å². The first kappa shape index (κ1) is 17.8. The van der Waals surface area contributed by atoms with Gasteiger partial charge >= 0.3 is 0 Å². The van der Waals surface area contributed by atoms with Crippen molar-refractivity contribution < 1.29 is 14.0 Å². The van der Waals surface area contributed by atoms with E-state index in [9.17, 15) is 9.59 Å². The van der Waals surface area contributed by atoms with Gasteiger partial charge in [0.15, 0.2) is 5.76 Å². The fourth-order valence-corrected chi connectivity index (χ4v) is 3.68. The number of furan rings is 1. The Morgan fingerprint density at radius 2 is 1.76 bits per heavy atom. The summed E-state index contributed by atoms with van der Waals surface area (Å²) in [5.74, 6) is 1.92. The summed E-state index contributed by atoms with van der Waals surface area (Å²) < 4.78 is 5.13. The van der Waals surface area contributed by atoms with E-state index in [-0.39, 0.29) is 11.7 Å². The van der Waals surface area contributed by atoms with Crippen molar-refractivity contribution in [2.75, 3.05) is 38.5 Å². The maximum Gasteiger partial charge on any atom is 0.232 e. The largest absolute Gasteiger partial charge is 0.461 e. The molecular formula is C19H22N2O3S. The minimum Gasteiger partial charge on any atom is -0.461 e. The number of hydrogen-bond donors (Lipinski definition) is 0. The molecule has 0 unspecified atom stereocenters. The van der Waals surface area contributed by atoms with Crippen LogP contribution < -0.4 is 0 Å². The van der Waals surface area contributed by atoms with E-state index in [4.69, 9.17) is 4.42 Å². The molecule has 5 nitrogen and oxygen atoms in total. The molecule has 1 amide bonds. The molecule has 1 aromatic heterocycles. The number of hydrogen-bond acceptors (Lipinski definition) is 5. The monoisotopic (exact) mass is 358 g/mol. The van der Waals surface area contributed by atoms with Gasteiger partial charge in [-0.15, -0.1) is 11.8 Å². The summed E-state index contributed by atoms with van der Waals surface area (Å²) in [6.45, 7) is 3.15. The highest BCUT2D eigenvalue weighted by Gasteiger charge is 2.23. The Balaban J connectivity index is 1.36. The molecule has 2 aromatic rings. The summed E-state index contributed by atoms with van der Waals surface area (Å²) in [7, 11) is 0. The first-order valence-corrected chi connectivity index (χ1v) is 9.56. The van der Waals surface area contributed by atoms with E-state index in [1.54, 1.807) is 23.9 Å². The molecule has 25 heavy (non-hydrogen) atoms. The van der Waals surface area contributed by atoms with Crippen LogP contribution in [0.5, 0.6) is 0 Å². The van der Waals surface area contributed by atoms with Crippen LogP contribution in [0.15, 0.2) is 53.1 Å². The van der Waals surface area contributed by atoms with Gasteiger partial charge < -0.3 is 9.32 Å². The van der Waals surface area contributed by atoms with Gasteiger partial charge in [-0.1, -0.05) is 30.3 Å². The highest BCUT2D eigenvalue weighted by atomic mass is 32.2. The van der Waals surface area contributed by atoms with Crippen LogP contribution in [0.4, 0.5) is 0 Å². The van der Waals surface area contributed by atoms with E-state index in [0.29, 0.717) is 31.1 Å². The zero-order valence-corrected chi connectivity index (χ0v) is 14.9. The molecule has 0 spiro atoms. The highest BCUT2D eigenvalue weighted by Crippen LogP contribution is 2.13. The van der Waals surface area contributed by atoms with Gasteiger partial charge in [-0.25, -0.2) is 0 Å². The van der Waals surface area contributed by atoms with E-state index >= 15 is 0 Å². The van der Waals surface area contributed by atoms with Gasteiger partial charge in [-0.3, -0.25) is 14.5 Å². The van der Waals surface area contributed by atoms with Crippen molar-refractivity contribution in [1.29, 1.82) is 0 Å². The Kier molecular flexibility index (Phi) is 6.30. The van der Waals surface area contributed by atoms with Gasteiger partial charge in [-0.05, 0) is 17.7 Å². The Morgan fingerprint density at radius 1 is 1.00 bits per heavy atom. The molecule has 1 aliphatic rings. The molecule has 0 radical (unpaired) electrons. The molecule has 0 bridgehead atoms. The molecule has 2 heterocycles. The molecule has 0 N–H and O–H groups in total. The lowest BCUT2D eigenvalue weighted by Gasteiger charge is -2.34. The minimum atomic E-state index is -0.0109. The summed E-state index contributed by atoms with van der Waals surface area (Å²) in [5.41, 5.74) is 1.24. The first-order valence-electron chi connectivity index (χ1n) is 8.41. The summed E-state index contributed by atoms with van der Waals surface area (Å²) in [6.07, 6.45) is 1.51. The third-order valence-electron chi connectivity index (χ3n) is 4.23. The lowest BCUT2D eigenvalue weighted by Crippen LogP contribution is -2.50. The lowest BCUT2D eigenvalue weighted by atomic mass is 10.2. The quantitative estimate of drug-likeness (QED) is 0.712. The summed E-state index contributed by atoms with van der Waals surface area (Å²) in [5, 5.41) is 0. The third-order valence-corrected chi connectivity index (χ3v) is 5.21. The van der Waals surface area contributed by atoms with Gasteiger partial charge in [0, 0.05) is 31.9 Å². The number of carbonyl (C=O) groups excluding carboxylic acids is 2. The molecule has 6 heteroatoms. The Bertz CT molecular complexity index is 680. The number of ketones is 1. The van der Waals surface area contributed by atoms with Crippen LogP contribution in [-0.4, -0.2) is 60.0 Å². The van der Waals surface area contributed by atoms with Crippen molar-refractivity contribution in [3.63, 3.8) is 0 Å². The lowest BCUT2D eigenvalue weighted by molar-refractivity contribution is -0.129. The first-order chi connectivity index (χ1) is 12.2. The zero-order valence-electron chi connectivity index (χ0n) is 14.1. The molecule has 1 aromatic carbocycles. The van der Waals surface area contributed by atoms with Gasteiger partial charge in [0.25, 0.3) is 0 Å². The molecule has 1 fully saturated rings. The molecule has 1 saturated heterocycles. The van der Waals surface area contributed by atoms with Crippen LogP contribution in [0.25, 0.3) is 0 Å². The highest BCUT2D eigenvalue weighted by molar-refractivity contribution is 7.99. The topological polar surface area (TPSA) is 53.8 Å². The van der Waals surface area contributed by atoms with Gasteiger partial charge in [0.05, 0.1) is 18.6 Å². The van der Waals surface area contributed by atoms with E-state index < -0.39 is 0 Å². The molecule has 3 rings (SSSR count). The van der Waals surface area contributed by atoms with Crippen molar-refractivity contribution in [3.05, 3.63) is 60.1 Å². The van der Waals surface area contributed by atoms with Crippen LogP contribution in [0.1, 0.15) is 16.1 Å². The SMILES string of the molecule is O=C(CN1CCN(C(=O)CSCc2ccccc2)CC1)c1ccco1. The number of nitrogens with zero attached hydrogens (tertiary/aromatic N) is 2. The van der Waals surface area contributed by atoms with E-state index in [0.717, 1.165) is 18.8 Å². The molecule has 132 valence electrons. The van der Waals surface area contributed by atoms with Crippen molar-refractivity contribution in [1.82, 2.24) is 9.80 Å². The summed E-state index contributed by atoms with van der Waals surface area (Å²) in [4.78, 5) is 28.3. The Labute approximate surface area is 152 Å². The number of carbonyl (C=O) groups is 2. The summed E-state index contributed by atoms with van der Waals surface area (Å²) in [6, 6.07) is 13.6. The van der Waals surface area contributed by atoms with Crippen molar-refractivity contribution in [3.8, 4) is 0 Å². The average molecular weight is 358 g/mol. The fraction of sp³-hybridized carbons (Fsp3) is 0.368. The third kappa shape index (κ3) is 5.21. The number of piperazine rings is 1. The normalized spacial score (nSPS) is 15.3. The second kappa shape index (κ2) is 8.87. The van der Waals surface area contributed by atoms with Gasteiger partial charge in [0.1, 0.15) is 0 Å². The molecule has 1 aliphatic heterocycles. The molecular weight excluding hydrogens is 336 g/mol. The Morgan fingerprint density at radius 3 is 2.44 bits per heavy atom. The molecule has 0 atom stereocenters. The smallest absolute Gasteiger partial charge is 0.232 e. The van der Waals surface area contributed by atoms with Gasteiger partial charge in [0.2, 0.25) is 11.7 Å². The maximum absolute atomic E-state index is 12.3. The van der Waals surface area contributed by atoms with Crippen molar-refractivity contribution in [2.24, 2.45) is 0 Å². The fourth-order valence-electron chi connectivity index (χ4n) is 2.80. The summed E-state index contributed by atoms with van der Waals surface area (Å²) >= 11 is 1.65. The zero-order chi connectivity index (χ0) is 17.5. The van der Waals surface area contributed by atoms with Crippen LogP contribution in [0, 0.1) is 0 Å². The second-order valence-corrected chi connectivity index (χ2v) is 7.02. The maximum atomic E-state index is 12.3. The number of benzene rings is 1. The van der Waals surface area contributed by atoms with Crippen LogP contribution in [0.2, 0.25) is 0 Å². The van der Waals surface area contributed by atoms with E-state index in [2.05, 4.69) is 17.0 Å². The van der Waals surface area contributed by atoms with Crippen LogP contribution in [-0.2, 0) is 10.5 Å². The van der Waals surface area contributed by atoms with E-state index in [1.165, 1.54) is 11.8 Å². The second-order valence-electron chi connectivity index (χ2n) is 6.04. The average Bonchev–Trinajstić information content (AvgIpc) is 3.18. The Hall–Kier alpha value is -2.05. The van der Waals surface area contributed by atoms with Crippen molar-refractivity contribution in [2.45, 2.75) is 5.75 Å². The standard InChI is InChI=1S/C19H22N2O3S/c22-17(18-7-4-12-24-18)13-20-8-10-21(11-9-20)19(23)15-25-14-16-5-2-1-3-6-16/h1-7,12H,8-11,13-15H2. The number of amides is 1.